The van der Waals surface area contributed by atoms with Crippen molar-refractivity contribution < 1.29 is 4.74 Å². The SMILES string of the molecule is CC(C)(N)c1csc(CCOc2cccc(Cl)c2)n1. The van der Waals surface area contributed by atoms with E-state index in [4.69, 9.17) is 22.1 Å². The minimum Gasteiger partial charge on any atom is -0.493 e. The molecule has 5 heteroatoms. The summed E-state index contributed by atoms with van der Waals surface area (Å²) < 4.78 is 5.64. The number of benzene rings is 1. The lowest BCUT2D eigenvalue weighted by molar-refractivity contribution is 0.321. The fraction of sp³-hybridized carbons (Fsp3) is 0.357. The number of thiazole rings is 1. The molecule has 2 aromatic rings. The number of hydrogen-bond acceptors (Lipinski definition) is 4. The van der Waals surface area contributed by atoms with Gasteiger partial charge in [-0.2, -0.15) is 0 Å². The van der Waals surface area contributed by atoms with Gasteiger partial charge in [-0.25, -0.2) is 4.98 Å². The smallest absolute Gasteiger partial charge is 0.120 e. The number of halogens is 1. The molecule has 0 saturated heterocycles. The van der Waals surface area contributed by atoms with Crippen LogP contribution in [0, 0.1) is 0 Å². The van der Waals surface area contributed by atoms with Crippen LogP contribution in [0.15, 0.2) is 29.6 Å². The quantitative estimate of drug-likeness (QED) is 0.917. The first-order valence-corrected chi connectivity index (χ1v) is 7.33. The molecule has 3 nitrogen and oxygen atoms in total. The van der Waals surface area contributed by atoms with Crippen molar-refractivity contribution in [3.05, 3.63) is 45.4 Å². The zero-order chi connectivity index (χ0) is 13.9. The molecule has 0 fully saturated rings. The van der Waals surface area contributed by atoms with E-state index >= 15 is 0 Å². The summed E-state index contributed by atoms with van der Waals surface area (Å²) in [6, 6.07) is 7.39. The van der Waals surface area contributed by atoms with Crippen molar-refractivity contribution in [3.63, 3.8) is 0 Å². The van der Waals surface area contributed by atoms with Crippen molar-refractivity contribution in [1.82, 2.24) is 4.98 Å². The van der Waals surface area contributed by atoms with E-state index in [9.17, 15) is 0 Å². The predicted octanol–water partition coefficient (Wildman–Crippen LogP) is 3.61. The fourth-order valence-corrected chi connectivity index (χ4v) is 2.67. The van der Waals surface area contributed by atoms with E-state index in [2.05, 4.69) is 4.98 Å². The summed E-state index contributed by atoms with van der Waals surface area (Å²) in [7, 11) is 0. The third-order valence-electron chi connectivity index (χ3n) is 2.59. The zero-order valence-electron chi connectivity index (χ0n) is 11.0. The summed E-state index contributed by atoms with van der Waals surface area (Å²) >= 11 is 7.51. The molecule has 0 aliphatic carbocycles. The van der Waals surface area contributed by atoms with Gasteiger partial charge < -0.3 is 10.5 Å². The molecule has 2 N–H and O–H groups in total. The first-order valence-electron chi connectivity index (χ1n) is 6.07. The van der Waals surface area contributed by atoms with E-state index in [0.29, 0.717) is 11.6 Å². The molecule has 0 atom stereocenters. The predicted molar refractivity (Wildman–Crippen MR) is 80.0 cm³/mol. The average Bonchev–Trinajstić information content (AvgIpc) is 2.77. The fourth-order valence-electron chi connectivity index (χ4n) is 1.53. The van der Waals surface area contributed by atoms with Crippen LogP contribution in [-0.2, 0) is 12.0 Å². The molecular weight excluding hydrogens is 280 g/mol. The van der Waals surface area contributed by atoms with Gasteiger partial charge in [-0.1, -0.05) is 17.7 Å². The van der Waals surface area contributed by atoms with E-state index in [1.54, 1.807) is 17.4 Å². The van der Waals surface area contributed by atoms with Crippen LogP contribution >= 0.6 is 22.9 Å². The highest BCUT2D eigenvalue weighted by atomic mass is 35.5. The number of rotatable bonds is 5. The minimum atomic E-state index is -0.386. The Bertz CT molecular complexity index is 548. The summed E-state index contributed by atoms with van der Waals surface area (Å²) in [5.74, 6) is 0.781. The van der Waals surface area contributed by atoms with Gasteiger partial charge in [0.05, 0.1) is 22.8 Å². The number of nitrogens with two attached hydrogens (primary N) is 1. The maximum absolute atomic E-state index is 6.00. The topological polar surface area (TPSA) is 48.1 Å². The maximum Gasteiger partial charge on any atom is 0.120 e. The van der Waals surface area contributed by atoms with Crippen LogP contribution < -0.4 is 10.5 Å². The second kappa shape index (κ2) is 5.90. The van der Waals surface area contributed by atoms with E-state index in [1.807, 2.05) is 37.4 Å². The Hall–Kier alpha value is -1.10. The number of nitrogens with zero attached hydrogens (tertiary/aromatic N) is 1. The van der Waals surface area contributed by atoms with Gasteiger partial charge in [-0.3, -0.25) is 0 Å². The third kappa shape index (κ3) is 4.20. The maximum atomic E-state index is 6.00. The third-order valence-corrected chi connectivity index (χ3v) is 3.74. The summed E-state index contributed by atoms with van der Waals surface area (Å²) in [4.78, 5) is 4.52. The van der Waals surface area contributed by atoms with Crippen LogP contribution in [0.3, 0.4) is 0 Å². The number of aromatic nitrogens is 1. The highest BCUT2D eigenvalue weighted by molar-refractivity contribution is 7.09. The monoisotopic (exact) mass is 296 g/mol. The van der Waals surface area contributed by atoms with Gasteiger partial charge in [0.2, 0.25) is 0 Å². The minimum absolute atomic E-state index is 0.386. The molecule has 0 saturated carbocycles. The summed E-state index contributed by atoms with van der Waals surface area (Å²) in [6.07, 6.45) is 0.771. The second-order valence-corrected chi connectivity index (χ2v) is 6.28. The Balaban J connectivity index is 1.88. The summed E-state index contributed by atoms with van der Waals surface area (Å²) in [5, 5.41) is 3.73. The van der Waals surface area contributed by atoms with Gasteiger partial charge in [0, 0.05) is 16.8 Å². The van der Waals surface area contributed by atoms with Crippen LogP contribution in [0.1, 0.15) is 24.5 Å². The van der Waals surface area contributed by atoms with Crippen LogP contribution in [-0.4, -0.2) is 11.6 Å². The molecule has 19 heavy (non-hydrogen) atoms. The molecule has 102 valence electrons. The van der Waals surface area contributed by atoms with Gasteiger partial charge >= 0.3 is 0 Å². The standard InChI is InChI=1S/C14H17ClN2OS/c1-14(2,16)12-9-19-13(17-12)6-7-18-11-5-3-4-10(15)8-11/h3-5,8-9H,6-7,16H2,1-2H3. The highest BCUT2D eigenvalue weighted by Gasteiger charge is 2.17. The van der Waals surface area contributed by atoms with Gasteiger partial charge in [-0.05, 0) is 32.0 Å². The van der Waals surface area contributed by atoms with Crippen molar-refractivity contribution in [2.24, 2.45) is 5.73 Å². The Morgan fingerprint density at radius 1 is 1.42 bits per heavy atom. The first-order chi connectivity index (χ1) is 8.95. The summed E-state index contributed by atoms with van der Waals surface area (Å²) in [5.41, 5.74) is 6.54. The molecule has 0 amide bonds. The van der Waals surface area contributed by atoms with Crippen LogP contribution in [0.4, 0.5) is 0 Å². The Labute approximate surface area is 122 Å². The van der Waals surface area contributed by atoms with Crippen molar-refractivity contribution >= 4 is 22.9 Å². The van der Waals surface area contributed by atoms with Gasteiger partial charge in [-0.15, -0.1) is 11.3 Å². The highest BCUT2D eigenvalue weighted by Crippen LogP contribution is 2.21. The number of ether oxygens (including phenoxy) is 1. The van der Waals surface area contributed by atoms with Gasteiger partial charge in [0.25, 0.3) is 0 Å². The van der Waals surface area contributed by atoms with E-state index in [1.165, 1.54) is 0 Å². The van der Waals surface area contributed by atoms with E-state index in [0.717, 1.165) is 22.9 Å². The molecule has 1 aromatic carbocycles. The summed E-state index contributed by atoms with van der Waals surface area (Å²) in [6.45, 7) is 4.49. The van der Waals surface area contributed by atoms with Crippen molar-refractivity contribution in [2.75, 3.05) is 6.61 Å². The molecule has 0 radical (unpaired) electrons. The first kappa shape index (κ1) is 14.3. The van der Waals surface area contributed by atoms with Crippen molar-refractivity contribution in [2.45, 2.75) is 25.8 Å². The normalized spacial score (nSPS) is 11.6. The lowest BCUT2D eigenvalue weighted by atomic mass is 10.0. The van der Waals surface area contributed by atoms with Crippen molar-refractivity contribution in [3.8, 4) is 5.75 Å². The average molecular weight is 297 g/mol. The molecule has 1 aromatic heterocycles. The molecular formula is C14H17ClN2OS. The van der Waals surface area contributed by atoms with Gasteiger partial charge in [0.15, 0.2) is 0 Å². The molecule has 1 heterocycles. The lowest BCUT2D eigenvalue weighted by Crippen LogP contribution is -2.29. The molecule has 0 bridgehead atoms. The Kier molecular flexibility index (Phi) is 4.45. The van der Waals surface area contributed by atoms with Crippen LogP contribution in [0.2, 0.25) is 5.02 Å². The van der Waals surface area contributed by atoms with Gasteiger partial charge in [0.1, 0.15) is 5.75 Å². The molecule has 0 unspecified atom stereocenters. The second-order valence-electron chi connectivity index (χ2n) is 4.90. The van der Waals surface area contributed by atoms with Crippen LogP contribution in [0.25, 0.3) is 0 Å². The zero-order valence-corrected chi connectivity index (χ0v) is 12.6. The van der Waals surface area contributed by atoms with E-state index < -0.39 is 0 Å². The molecule has 0 spiro atoms. The van der Waals surface area contributed by atoms with Crippen LogP contribution in [0.5, 0.6) is 5.75 Å². The van der Waals surface area contributed by atoms with Crippen molar-refractivity contribution in [1.29, 1.82) is 0 Å². The Morgan fingerprint density at radius 2 is 2.21 bits per heavy atom. The molecule has 0 aliphatic rings. The largest absolute Gasteiger partial charge is 0.493 e. The molecule has 2 rings (SSSR count). The Morgan fingerprint density at radius 3 is 2.84 bits per heavy atom. The van der Waals surface area contributed by atoms with E-state index in [-0.39, 0.29) is 5.54 Å². The molecule has 0 aliphatic heterocycles. The lowest BCUT2D eigenvalue weighted by Gasteiger charge is -2.14. The number of hydrogen-bond donors (Lipinski definition) is 1.